The van der Waals surface area contributed by atoms with Gasteiger partial charge in [-0.1, -0.05) is 6.07 Å². The smallest absolute Gasteiger partial charge is 0.328 e. The molecule has 4 heterocycles. The molecule has 0 aliphatic carbocycles. The minimum Gasteiger partial charge on any atom is -0.478 e. The molecule has 26 nitrogen and oxygen atoms in total. The number of carbonyl (C=O) groups is 11. The molecule has 3 aliphatic heterocycles. The number of rotatable bonds is 18. The molecule has 8 amide bonds. The van der Waals surface area contributed by atoms with Crippen LogP contribution < -0.4 is 37.2 Å². The fraction of sp³-hybridized carbons (Fsp3) is 0.588. The van der Waals surface area contributed by atoms with Gasteiger partial charge in [0.15, 0.2) is 5.78 Å². The van der Waals surface area contributed by atoms with Crippen molar-refractivity contribution in [3.8, 4) is 0 Å². The number of amides is 8. The monoisotopic (exact) mass is 1110 g/mol. The van der Waals surface area contributed by atoms with Gasteiger partial charge in [0.1, 0.15) is 36.0 Å². The van der Waals surface area contributed by atoms with E-state index in [4.69, 9.17) is 9.84 Å². The van der Waals surface area contributed by atoms with Gasteiger partial charge in [-0.2, -0.15) is 0 Å². The summed E-state index contributed by atoms with van der Waals surface area (Å²) in [6, 6.07) is -3.77. The van der Waals surface area contributed by atoms with Gasteiger partial charge >= 0.3 is 5.97 Å². The number of aromatic amines is 1. The Morgan fingerprint density at radius 3 is 2.31 bits per heavy atom. The van der Waals surface area contributed by atoms with Gasteiger partial charge in [-0.15, -0.1) is 11.8 Å². The van der Waals surface area contributed by atoms with E-state index in [-0.39, 0.29) is 88.0 Å². The quantitative estimate of drug-likeness (QED) is 0.0520. The summed E-state index contributed by atoms with van der Waals surface area (Å²) in [6.07, 6.45) is -3.26. The van der Waals surface area contributed by atoms with E-state index in [0.717, 1.165) is 22.7 Å². The number of carboxylic acids is 1. The number of aromatic nitrogens is 1. The van der Waals surface area contributed by atoms with Crippen LogP contribution in [-0.4, -0.2) is 199 Å². The molecule has 10 atom stereocenters. The maximum Gasteiger partial charge on any atom is 0.328 e. The summed E-state index contributed by atoms with van der Waals surface area (Å²) < 4.78 is 5.37. The average Bonchev–Trinajstić information content (AvgIpc) is 4.00. The number of fused-ring (bicyclic) bond motifs is 5. The van der Waals surface area contributed by atoms with Crippen molar-refractivity contribution >= 4 is 87.5 Å². The molecule has 1 aromatic carbocycles. The molecule has 78 heavy (non-hydrogen) atoms. The third-order valence-corrected chi connectivity index (χ3v) is 14.5. The van der Waals surface area contributed by atoms with Crippen LogP contribution >= 0.6 is 11.8 Å². The average molecular weight is 1110 g/mol. The van der Waals surface area contributed by atoms with Crippen molar-refractivity contribution in [2.75, 3.05) is 45.2 Å². The van der Waals surface area contributed by atoms with Crippen molar-refractivity contribution < 1.29 is 83.0 Å². The van der Waals surface area contributed by atoms with Gasteiger partial charge in [-0.3, -0.25) is 47.9 Å². The number of ether oxygens (including phenoxy) is 1. The van der Waals surface area contributed by atoms with Gasteiger partial charge in [-0.25, -0.2) is 4.79 Å². The molecule has 1 aromatic heterocycles. The second-order valence-electron chi connectivity index (χ2n) is 20.2. The molecule has 1 fully saturated rings. The number of benzene rings is 1. The number of Topliss-reactive ketones (excluding diaryl/α,β-unsaturated/α-hetero) is 2. The number of aliphatic carboxylic acids is 1. The molecular weight excluding hydrogens is 1040 g/mol. The second kappa shape index (κ2) is 28.2. The van der Waals surface area contributed by atoms with Crippen LogP contribution in [-0.2, 0) is 70.3 Å². The molecule has 2 aromatic rings. The lowest BCUT2D eigenvalue weighted by molar-refractivity contribution is -0.142. The first kappa shape index (κ1) is 62.1. The third-order valence-electron chi connectivity index (χ3n) is 13.4. The van der Waals surface area contributed by atoms with E-state index in [1.165, 1.54) is 34.6 Å². The summed E-state index contributed by atoms with van der Waals surface area (Å²) >= 11 is 1.02. The predicted molar refractivity (Wildman–Crippen MR) is 278 cm³/mol. The molecule has 5 rings (SSSR count). The topological polar surface area (TPSA) is 401 Å². The summed E-state index contributed by atoms with van der Waals surface area (Å²) in [6.45, 7) is 5.61. The highest BCUT2D eigenvalue weighted by atomic mass is 32.2. The first-order chi connectivity index (χ1) is 36.8. The van der Waals surface area contributed by atoms with Crippen molar-refractivity contribution in [3.63, 3.8) is 0 Å². The standard InChI is InChI=1S/C51H71N9O17S/c1-25(15-41(67)68)43(69)53-12-14-77-13-10-40(66)52-11-6-7-31(63)16-29-8-9-35-33(17-29)34-18-30-19-39(65)26(2)54-47(73)38-20-32(64)22-60(38)50(75)37(23-78-49(34)58-35)57-48(74)42(28(4)62)59-44(70)27(3)55-46(72)36(56-45(30)71)21-51(5,76)24-61/h8-9,15,17,26-28,30,32,36-38,42,58,61-62,64,76H,6-7,10-14,16,18-24H2,1-5H3,(H,52,66)(H,53,69)(H,54,73)(H,55,72)(H,56,71)(H,57,74)(H,59,70)(H,67,68)/b25-15-/t26-,27-,28?,30+,32+,36-,37+,38-,42+,51+/m0/s1. The van der Waals surface area contributed by atoms with Crippen molar-refractivity contribution in [3.05, 3.63) is 41.0 Å². The molecule has 0 radical (unpaired) electrons. The van der Waals surface area contributed by atoms with Crippen molar-refractivity contribution in [1.82, 2.24) is 47.1 Å². The highest BCUT2D eigenvalue weighted by molar-refractivity contribution is 7.99. The minimum absolute atomic E-state index is 0.00411. The molecule has 1 saturated heterocycles. The van der Waals surface area contributed by atoms with Gasteiger partial charge in [0, 0.05) is 92.4 Å². The van der Waals surface area contributed by atoms with Crippen LogP contribution in [0.25, 0.3) is 10.9 Å². The SMILES string of the molecule is C/C(=C/C(=O)O)C(=O)NCCOCCC(=O)NCCCC(=O)Cc1ccc2[nH]c3c(c2c1)C[C@@H]1CC(=O)[C@H](C)NC(=O)[C@@H]2C[C@@H](O)CN2C(=O)[C@@H](CS3)NC(=O)[C@@H](C(C)O)NC(=O)[C@H](C)NC(=O)[C@H](C[C@@](C)(O)CO)NC1=O. The van der Waals surface area contributed by atoms with E-state index >= 15 is 0 Å². The number of ketones is 2. The Bertz CT molecular complexity index is 2640. The molecule has 3 aliphatic rings. The summed E-state index contributed by atoms with van der Waals surface area (Å²) in [7, 11) is 0. The number of H-pyrrole nitrogens is 1. The van der Waals surface area contributed by atoms with Crippen LogP contribution in [0.3, 0.4) is 0 Å². The number of aliphatic hydroxyl groups excluding tert-OH is 3. The van der Waals surface area contributed by atoms with Crippen LogP contribution in [0.5, 0.6) is 0 Å². The van der Waals surface area contributed by atoms with Crippen molar-refractivity contribution in [2.24, 2.45) is 5.92 Å². The van der Waals surface area contributed by atoms with E-state index in [1.807, 2.05) is 0 Å². The second-order valence-corrected chi connectivity index (χ2v) is 21.2. The highest BCUT2D eigenvalue weighted by Gasteiger charge is 2.44. The van der Waals surface area contributed by atoms with Crippen molar-refractivity contribution in [2.45, 2.75) is 145 Å². The van der Waals surface area contributed by atoms with Gasteiger partial charge in [0.25, 0.3) is 0 Å². The van der Waals surface area contributed by atoms with Gasteiger partial charge in [0.2, 0.25) is 47.3 Å². The third kappa shape index (κ3) is 17.6. The summed E-state index contributed by atoms with van der Waals surface area (Å²) in [5, 5.41) is 70.1. The van der Waals surface area contributed by atoms with Gasteiger partial charge in [-0.05, 0) is 70.7 Å². The van der Waals surface area contributed by atoms with Crippen LogP contribution in [0.2, 0.25) is 0 Å². The molecule has 13 N–H and O–H groups in total. The van der Waals surface area contributed by atoms with Crippen LogP contribution in [0, 0.1) is 5.92 Å². The fourth-order valence-electron chi connectivity index (χ4n) is 9.01. The largest absolute Gasteiger partial charge is 0.478 e. The zero-order valence-electron chi connectivity index (χ0n) is 44.1. The zero-order chi connectivity index (χ0) is 57.6. The molecule has 0 saturated carbocycles. The Hall–Kier alpha value is -6.78. The molecule has 428 valence electrons. The van der Waals surface area contributed by atoms with E-state index in [2.05, 4.69) is 42.2 Å². The lowest BCUT2D eigenvalue weighted by atomic mass is 9.89. The van der Waals surface area contributed by atoms with Crippen LogP contribution in [0.4, 0.5) is 0 Å². The van der Waals surface area contributed by atoms with E-state index in [9.17, 15) is 73.2 Å². The number of carbonyl (C=O) groups excluding carboxylic acids is 10. The molecule has 0 spiro atoms. The van der Waals surface area contributed by atoms with Crippen molar-refractivity contribution in [1.29, 1.82) is 0 Å². The number of nitrogens with one attached hydrogen (secondary N) is 8. The molecule has 1 unspecified atom stereocenters. The Labute approximate surface area is 453 Å². The Morgan fingerprint density at radius 2 is 1.62 bits per heavy atom. The number of thioether (sulfide) groups is 1. The van der Waals surface area contributed by atoms with Gasteiger partial charge < -0.3 is 77.4 Å². The van der Waals surface area contributed by atoms with Gasteiger partial charge in [0.05, 0.1) is 48.7 Å². The first-order valence-corrected chi connectivity index (χ1v) is 26.6. The fourth-order valence-corrected chi connectivity index (χ4v) is 10.1. The zero-order valence-corrected chi connectivity index (χ0v) is 44.9. The Balaban J connectivity index is 1.45. The first-order valence-electron chi connectivity index (χ1n) is 25.6. The Morgan fingerprint density at radius 1 is 0.897 bits per heavy atom. The number of hydrogen-bond acceptors (Lipinski definition) is 17. The van der Waals surface area contributed by atoms with Crippen LogP contribution in [0.15, 0.2) is 34.9 Å². The lowest BCUT2D eigenvalue weighted by Gasteiger charge is -2.31. The Kier molecular flexibility index (Phi) is 22.4. The maximum absolute atomic E-state index is 14.7. The number of carboxylic acid groups (broad SMARTS) is 1. The molecular formula is C51H71N9O17S. The van der Waals surface area contributed by atoms with E-state index in [1.54, 1.807) is 18.2 Å². The van der Waals surface area contributed by atoms with E-state index in [0.29, 0.717) is 33.5 Å². The number of hydrogen-bond donors (Lipinski definition) is 13. The summed E-state index contributed by atoms with van der Waals surface area (Å²) in [5.74, 6) is -10.1. The van der Waals surface area contributed by atoms with Crippen LogP contribution in [0.1, 0.15) is 84.3 Å². The summed E-state index contributed by atoms with van der Waals surface area (Å²) in [5.41, 5.74) is -0.486. The minimum atomic E-state index is -1.97. The highest BCUT2D eigenvalue weighted by Crippen LogP contribution is 2.35. The lowest BCUT2D eigenvalue weighted by Crippen LogP contribution is -2.61. The molecule has 2 bridgehead atoms. The van der Waals surface area contributed by atoms with E-state index < -0.39 is 133 Å². The maximum atomic E-state index is 14.7. The number of nitrogens with zero attached hydrogens (tertiary/aromatic N) is 1. The number of aliphatic hydroxyl groups is 4. The molecule has 27 heteroatoms. The summed E-state index contributed by atoms with van der Waals surface area (Å²) in [4.78, 5) is 152. The predicted octanol–water partition coefficient (Wildman–Crippen LogP) is -3.09. The normalized spacial score (nSPS) is 25.3.